The number of carbonyl (C=O) groups is 1. The summed E-state index contributed by atoms with van der Waals surface area (Å²) in [5.74, 6) is 0.670. The van der Waals surface area contributed by atoms with E-state index in [1.165, 1.54) is 11.8 Å². The molecule has 30 heavy (non-hydrogen) atoms. The van der Waals surface area contributed by atoms with Crippen LogP contribution in [0.4, 0.5) is 5.69 Å². The first-order valence-electron chi connectivity index (χ1n) is 9.05. The second-order valence-electron chi connectivity index (χ2n) is 6.33. The molecular formula is C22H16Cl2N4OS. The van der Waals surface area contributed by atoms with E-state index in [1.807, 2.05) is 59.2 Å². The molecule has 0 saturated heterocycles. The number of thioether (sulfide) groups is 1. The quantitative estimate of drug-likeness (QED) is 0.364. The second-order valence-corrected chi connectivity index (χ2v) is 8.15. The Balaban J connectivity index is 1.59. The average molecular weight is 455 g/mol. The maximum absolute atomic E-state index is 12.4. The zero-order valence-corrected chi connectivity index (χ0v) is 18.0. The highest BCUT2D eigenvalue weighted by Crippen LogP contribution is 2.29. The van der Waals surface area contributed by atoms with Crippen LogP contribution in [0.25, 0.3) is 17.1 Å². The number of benzene rings is 3. The molecule has 1 aromatic heterocycles. The number of nitrogens with zero attached hydrogens (tertiary/aromatic N) is 3. The summed E-state index contributed by atoms with van der Waals surface area (Å²) in [5, 5.41) is 13.3. The lowest BCUT2D eigenvalue weighted by Crippen LogP contribution is -2.14. The van der Waals surface area contributed by atoms with Gasteiger partial charge < -0.3 is 5.32 Å². The molecule has 0 aliphatic heterocycles. The highest BCUT2D eigenvalue weighted by atomic mass is 35.5. The van der Waals surface area contributed by atoms with Gasteiger partial charge in [-0.25, -0.2) is 0 Å². The number of para-hydroxylation sites is 1. The topological polar surface area (TPSA) is 59.8 Å². The van der Waals surface area contributed by atoms with Crippen LogP contribution in [-0.4, -0.2) is 26.4 Å². The summed E-state index contributed by atoms with van der Waals surface area (Å²) < 4.78 is 1.92. The van der Waals surface area contributed by atoms with E-state index in [4.69, 9.17) is 23.2 Å². The molecule has 0 bridgehead atoms. The maximum atomic E-state index is 12.4. The van der Waals surface area contributed by atoms with E-state index in [0.717, 1.165) is 11.3 Å². The van der Waals surface area contributed by atoms with E-state index in [1.54, 1.807) is 24.3 Å². The molecule has 3 aromatic carbocycles. The smallest absolute Gasteiger partial charge is 0.234 e. The third kappa shape index (κ3) is 4.84. The summed E-state index contributed by atoms with van der Waals surface area (Å²) in [7, 11) is 0. The molecule has 1 heterocycles. The number of hydrogen-bond donors (Lipinski definition) is 1. The SMILES string of the molecule is O=C(CSc1nnc(-c2cccc(Cl)c2)n1-c1ccccc1)Nc1cccc(Cl)c1. The van der Waals surface area contributed by atoms with E-state index < -0.39 is 0 Å². The van der Waals surface area contributed by atoms with Crippen LogP contribution in [0.3, 0.4) is 0 Å². The largest absolute Gasteiger partial charge is 0.325 e. The zero-order chi connectivity index (χ0) is 20.9. The Morgan fingerprint density at radius 1 is 0.900 bits per heavy atom. The number of carbonyl (C=O) groups excluding carboxylic acids is 1. The molecule has 0 aliphatic carbocycles. The molecule has 0 saturated carbocycles. The summed E-state index contributed by atoms with van der Waals surface area (Å²) in [4.78, 5) is 12.4. The van der Waals surface area contributed by atoms with Gasteiger partial charge in [0.25, 0.3) is 0 Å². The predicted molar refractivity (Wildman–Crippen MR) is 123 cm³/mol. The van der Waals surface area contributed by atoms with E-state index in [2.05, 4.69) is 15.5 Å². The monoisotopic (exact) mass is 454 g/mol. The van der Waals surface area contributed by atoms with Gasteiger partial charge in [0.1, 0.15) is 0 Å². The minimum atomic E-state index is -0.158. The highest BCUT2D eigenvalue weighted by Gasteiger charge is 2.17. The van der Waals surface area contributed by atoms with Crippen molar-refractivity contribution in [3.05, 3.63) is 88.9 Å². The van der Waals surface area contributed by atoms with Crippen LogP contribution < -0.4 is 5.32 Å². The first-order chi connectivity index (χ1) is 14.6. The fourth-order valence-corrected chi connectivity index (χ4v) is 4.01. The Hall–Kier alpha value is -2.80. The van der Waals surface area contributed by atoms with Crippen LogP contribution in [0.1, 0.15) is 0 Å². The molecule has 0 fully saturated rings. The normalized spacial score (nSPS) is 10.7. The molecule has 4 rings (SSSR count). The molecule has 0 spiro atoms. The molecule has 4 aromatic rings. The predicted octanol–water partition coefficient (Wildman–Crippen LogP) is 5.97. The summed E-state index contributed by atoms with van der Waals surface area (Å²) in [6, 6.07) is 24.2. The average Bonchev–Trinajstić information content (AvgIpc) is 3.17. The van der Waals surface area contributed by atoms with Crippen molar-refractivity contribution in [2.45, 2.75) is 5.16 Å². The molecular weight excluding hydrogens is 439 g/mol. The van der Waals surface area contributed by atoms with Crippen molar-refractivity contribution in [2.24, 2.45) is 0 Å². The molecule has 150 valence electrons. The van der Waals surface area contributed by atoms with Crippen LogP contribution in [0.15, 0.2) is 84.0 Å². The van der Waals surface area contributed by atoms with Gasteiger partial charge in [-0.05, 0) is 42.5 Å². The Morgan fingerprint density at radius 3 is 2.37 bits per heavy atom. The number of rotatable bonds is 6. The zero-order valence-electron chi connectivity index (χ0n) is 15.6. The third-order valence-corrected chi connectivity index (χ3v) is 5.57. The van der Waals surface area contributed by atoms with Crippen molar-refractivity contribution in [1.82, 2.24) is 14.8 Å². The van der Waals surface area contributed by atoms with Crippen molar-refractivity contribution in [3.8, 4) is 17.1 Å². The lowest BCUT2D eigenvalue weighted by Gasteiger charge is -2.10. The van der Waals surface area contributed by atoms with Crippen LogP contribution >= 0.6 is 35.0 Å². The number of amides is 1. The van der Waals surface area contributed by atoms with E-state index in [9.17, 15) is 4.79 Å². The Labute approximate surface area is 188 Å². The van der Waals surface area contributed by atoms with Gasteiger partial charge in [-0.1, -0.05) is 71.4 Å². The van der Waals surface area contributed by atoms with Gasteiger partial charge in [-0.2, -0.15) is 0 Å². The van der Waals surface area contributed by atoms with E-state index in [-0.39, 0.29) is 11.7 Å². The minimum Gasteiger partial charge on any atom is -0.325 e. The summed E-state index contributed by atoms with van der Waals surface area (Å²) in [6.07, 6.45) is 0. The fourth-order valence-electron chi connectivity index (χ4n) is 2.88. The number of aromatic nitrogens is 3. The van der Waals surface area contributed by atoms with Crippen molar-refractivity contribution in [1.29, 1.82) is 0 Å². The molecule has 1 amide bonds. The lowest BCUT2D eigenvalue weighted by atomic mass is 10.2. The number of nitrogens with one attached hydrogen (secondary N) is 1. The number of anilines is 1. The van der Waals surface area contributed by atoms with Crippen molar-refractivity contribution >= 4 is 46.6 Å². The Kier molecular flexibility index (Phi) is 6.38. The summed E-state index contributed by atoms with van der Waals surface area (Å²) in [6.45, 7) is 0. The molecule has 8 heteroatoms. The van der Waals surface area contributed by atoms with Crippen LogP contribution in [0.2, 0.25) is 10.0 Å². The van der Waals surface area contributed by atoms with Gasteiger partial charge in [0.05, 0.1) is 5.75 Å². The Morgan fingerprint density at radius 2 is 1.63 bits per heavy atom. The highest BCUT2D eigenvalue weighted by molar-refractivity contribution is 7.99. The molecule has 5 nitrogen and oxygen atoms in total. The van der Waals surface area contributed by atoms with Gasteiger partial charge in [0.2, 0.25) is 5.91 Å². The molecule has 1 N–H and O–H groups in total. The molecule has 0 aliphatic rings. The lowest BCUT2D eigenvalue weighted by molar-refractivity contribution is -0.113. The first kappa shape index (κ1) is 20.5. The second kappa shape index (κ2) is 9.34. The van der Waals surface area contributed by atoms with Crippen molar-refractivity contribution < 1.29 is 4.79 Å². The van der Waals surface area contributed by atoms with Crippen molar-refractivity contribution in [3.63, 3.8) is 0 Å². The van der Waals surface area contributed by atoms with Crippen LogP contribution in [0, 0.1) is 0 Å². The van der Waals surface area contributed by atoms with Gasteiger partial charge in [0.15, 0.2) is 11.0 Å². The fraction of sp³-hybridized carbons (Fsp3) is 0.0455. The summed E-state index contributed by atoms with van der Waals surface area (Å²) >= 11 is 13.4. The van der Waals surface area contributed by atoms with E-state index >= 15 is 0 Å². The van der Waals surface area contributed by atoms with Crippen LogP contribution in [0.5, 0.6) is 0 Å². The van der Waals surface area contributed by atoms with Gasteiger partial charge in [-0.15, -0.1) is 10.2 Å². The molecule has 0 radical (unpaired) electrons. The van der Waals surface area contributed by atoms with Gasteiger partial charge in [-0.3, -0.25) is 9.36 Å². The third-order valence-electron chi connectivity index (χ3n) is 4.17. The summed E-state index contributed by atoms with van der Waals surface area (Å²) in [5.41, 5.74) is 2.39. The maximum Gasteiger partial charge on any atom is 0.234 e. The van der Waals surface area contributed by atoms with Crippen molar-refractivity contribution in [2.75, 3.05) is 11.1 Å². The molecule has 0 unspecified atom stereocenters. The Bertz CT molecular complexity index is 1180. The van der Waals surface area contributed by atoms with E-state index in [0.29, 0.717) is 26.7 Å². The standard InChI is InChI=1S/C22H16Cl2N4OS/c23-16-7-4-6-15(12-16)21-26-27-22(28(21)19-10-2-1-3-11-19)30-14-20(29)25-18-9-5-8-17(24)13-18/h1-13H,14H2,(H,25,29). The minimum absolute atomic E-state index is 0.158. The number of halogens is 2. The van der Waals surface area contributed by atoms with Gasteiger partial charge in [0, 0.05) is 27.0 Å². The first-order valence-corrected chi connectivity index (χ1v) is 10.8. The molecule has 0 atom stereocenters. The number of hydrogen-bond acceptors (Lipinski definition) is 4. The van der Waals surface area contributed by atoms with Gasteiger partial charge >= 0.3 is 0 Å². The van der Waals surface area contributed by atoms with Crippen LogP contribution in [-0.2, 0) is 4.79 Å².